The van der Waals surface area contributed by atoms with Crippen molar-refractivity contribution < 1.29 is 14.3 Å². The van der Waals surface area contributed by atoms with E-state index in [0.29, 0.717) is 25.7 Å². The van der Waals surface area contributed by atoms with Gasteiger partial charge in [-0.05, 0) is 43.9 Å². The maximum atomic E-state index is 12.8. The van der Waals surface area contributed by atoms with Gasteiger partial charge in [-0.1, -0.05) is 25.3 Å². The Hall–Kier alpha value is -1.71. The zero-order valence-corrected chi connectivity index (χ0v) is 21.4. The Morgan fingerprint density at radius 1 is 1.09 bits per heavy atom. The second-order valence-corrected chi connectivity index (χ2v) is 8.78. The van der Waals surface area contributed by atoms with Crippen LogP contribution in [0.3, 0.4) is 0 Å². The van der Waals surface area contributed by atoms with Crippen LogP contribution < -0.4 is 20.1 Å². The summed E-state index contributed by atoms with van der Waals surface area (Å²) < 4.78 is 11.5. The fourth-order valence-corrected chi connectivity index (χ4v) is 4.68. The summed E-state index contributed by atoms with van der Waals surface area (Å²) in [7, 11) is 0. The molecule has 1 unspecified atom stereocenters. The number of halogens is 1. The van der Waals surface area contributed by atoms with Gasteiger partial charge in [0.1, 0.15) is 0 Å². The summed E-state index contributed by atoms with van der Waals surface area (Å²) in [6, 6.07) is 6.28. The minimum atomic E-state index is 0. The van der Waals surface area contributed by atoms with E-state index >= 15 is 0 Å². The van der Waals surface area contributed by atoms with Crippen molar-refractivity contribution in [2.24, 2.45) is 10.9 Å². The SMILES string of the molecule is CCNC(=NCc1ccc2c(c1)OCCCO2)NC1CCN(C(=O)C2CCCCC2)C1.I. The third-order valence-electron chi connectivity index (χ3n) is 6.37. The van der Waals surface area contributed by atoms with Crippen LogP contribution in [-0.2, 0) is 11.3 Å². The quantitative estimate of drug-likeness (QED) is 0.329. The van der Waals surface area contributed by atoms with Crippen LogP contribution in [0.5, 0.6) is 11.5 Å². The zero-order valence-electron chi connectivity index (χ0n) is 19.1. The van der Waals surface area contributed by atoms with Gasteiger partial charge in [0.25, 0.3) is 0 Å². The highest BCUT2D eigenvalue weighted by Gasteiger charge is 2.31. The van der Waals surface area contributed by atoms with Crippen molar-refractivity contribution in [2.45, 2.75) is 64.5 Å². The number of carbonyl (C=O) groups excluding carboxylic acids is 1. The molecule has 0 spiro atoms. The second-order valence-electron chi connectivity index (χ2n) is 8.78. The van der Waals surface area contributed by atoms with E-state index in [2.05, 4.69) is 22.5 Å². The van der Waals surface area contributed by atoms with E-state index in [1.165, 1.54) is 19.3 Å². The average Bonchev–Trinajstić information content (AvgIpc) is 3.14. The van der Waals surface area contributed by atoms with Gasteiger partial charge in [-0.15, -0.1) is 24.0 Å². The minimum Gasteiger partial charge on any atom is -0.490 e. The average molecular weight is 556 g/mol. The molecule has 1 amide bonds. The number of fused-ring (bicyclic) bond motifs is 1. The van der Waals surface area contributed by atoms with Crippen LogP contribution in [0.2, 0.25) is 0 Å². The van der Waals surface area contributed by atoms with Crippen molar-refractivity contribution in [1.29, 1.82) is 0 Å². The molecule has 1 aliphatic carbocycles. The van der Waals surface area contributed by atoms with Crippen molar-refractivity contribution >= 4 is 35.8 Å². The molecule has 2 heterocycles. The maximum absolute atomic E-state index is 12.8. The van der Waals surface area contributed by atoms with E-state index in [1.54, 1.807) is 0 Å². The summed E-state index contributed by atoms with van der Waals surface area (Å²) in [5, 5.41) is 6.88. The fraction of sp³-hybridized carbons (Fsp3) is 0.667. The molecule has 1 aromatic rings. The van der Waals surface area contributed by atoms with Gasteiger partial charge in [0, 0.05) is 38.0 Å². The summed E-state index contributed by atoms with van der Waals surface area (Å²) in [4.78, 5) is 19.7. The number of rotatable bonds is 5. The van der Waals surface area contributed by atoms with Crippen molar-refractivity contribution in [1.82, 2.24) is 15.5 Å². The lowest BCUT2D eigenvalue weighted by atomic mass is 9.88. The van der Waals surface area contributed by atoms with Gasteiger partial charge in [0.2, 0.25) is 5.91 Å². The van der Waals surface area contributed by atoms with Gasteiger partial charge in [-0.2, -0.15) is 0 Å². The minimum absolute atomic E-state index is 0. The smallest absolute Gasteiger partial charge is 0.225 e. The van der Waals surface area contributed by atoms with Crippen molar-refractivity contribution in [3.8, 4) is 11.5 Å². The largest absolute Gasteiger partial charge is 0.490 e. The molecule has 1 saturated heterocycles. The predicted molar refractivity (Wildman–Crippen MR) is 137 cm³/mol. The Morgan fingerprint density at radius 3 is 2.66 bits per heavy atom. The lowest BCUT2D eigenvalue weighted by molar-refractivity contribution is -0.135. The molecule has 178 valence electrons. The molecule has 2 N–H and O–H groups in total. The first kappa shape index (κ1) is 24.9. The second kappa shape index (κ2) is 12.5. The van der Waals surface area contributed by atoms with Crippen LogP contribution >= 0.6 is 24.0 Å². The highest BCUT2D eigenvalue weighted by atomic mass is 127. The topological polar surface area (TPSA) is 75.2 Å². The van der Waals surface area contributed by atoms with E-state index in [-0.39, 0.29) is 35.9 Å². The number of carbonyl (C=O) groups is 1. The highest BCUT2D eigenvalue weighted by molar-refractivity contribution is 14.0. The lowest BCUT2D eigenvalue weighted by Crippen LogP contribution is -2.45. The normalized spacial score (nSPS) is 21.5. The Labute approximate surface area is 208 Å². The van der Waals surface area contributed by atoms with Gasteiger partial charge >= 0.3 is 0 Å². The molecule has 7 nitrogen and oxygen atoms in total. The Bertz CT molecular complexity index is 783. The molecule has 3 aliphatic rings. The number of nitrogens with one attached hydrogen (secondary N) is 2. The zero-order chi connectivity index (χ0) is 21.5. The van der Waals surface area contributed by atoms with E-state index in [0.717, 1.165) is 68.3 Å². The highest BCUT2D eigenvalue weighted by Crippen LogP contribution is 2.30. The molecule has 2 fully saturated rings. The van der Waals surface area contributed by atoms with Crippen LogP contribution in [0.15, 0.2) is 23.2 Å². The number of benzene rings is 1. The maximum Gasteiger partial charge on any atom is 0.225 e. The standard InChI is InChI=1S/C24H36N4O3.HI/c1-2-25-24(26-16-18-9-10-21-22(15-18)31-14-6-13-30-21)27-20-11-12-28(17-20)23(29)19-7-4-3-5-8-19;/h9-10,15,19-20H,2-8,11-14,16-17H2,1H3,(H2,25,26,27);1H. The van der Waals surface area contributed by atoms with E-state index in [4.69, 9.17) is 14.5 Å². The van der Waals surface area contributed by atoms with Gasteiger partial charge in [0.15, 0.2) is 17.5 Å². The number of hydrogen-bond donors (Lipinski definition) is 2. The molecule has 1 aromatic carbocycles. The van der Waals surface area contributed by atoms with Gasteiger partial charge in [-0.3, -0.25) is 4.79 Å². The monoisotopic (exact) mass is 556 g/mol. The Balaban J connectivity index is 0.00000289. The predicted octanol–water partition coefficient (Wildman–Crippen LogP) is 3.70. The number of hydrogen-bond acceptors (Lipinski definition) is 4. The molecule has 0 aromatic heterocycles. The first-order valence-corrected chi connectivity index (χ1v) is 11.9. The van der Waals surface area contributed by atoms with Crippen LogP contribution in [-0.4, -0.2) is 55.7 Å². The third kappa shape index (κ3) is 6.65. The first-order chi connectivity index (χ1) is 15.2. The molecule has 0 radical (unpaired) electrons. The number of nitrogens with zero attached hydrogens (tertiary/aromatic N) is 2. The van der Waals surface area contributed by atoms with Crippen molar-refractivity contribution in [3.05, 3.63) is 23.8 Å². The van der Waals surface area contributed by atoms with Gasteiger partial charge in [-0.25, -0.2) is 4.99 Å². The molecule has 8 heteroatoms. The Morgan fingerprint density at radius 2 is 1.88 bits per heavy atom. The number of likely N-dealkylation sites (tertiary alicyclic amines) is 1. The molecule has 2 aliphatic heterocycles. The molecular weight excluding hydrogens is 519 g/mol. The molecular formula is C24H37IN4O3. The molecule has 4 rings (SSSR count). The number of ether oxygens (including phenoxy) is 2. The number of aliphatic imine (C=N–C) groups is 1. The summed E-state index contributed by atoms with van der Waals surface area (Å²) >= 11 is 0. The summed E-state index contributed by atoms with van der Waals surface area (Å²) in [5.74, 6) is 3.01. The van der Waals surface area contributed by atoms with Crippen LogP contribution in [0.25, 0.3) is 0 Å². The van der Waals surface area contributed by atoms with E-state index in [1.807, 2.05) is 18.2 Å². The number of amides is 1. The molecule has 0 bridgehead atoms. The Kier molecular flexibility index (Phi) is 9.74. The molecule has 1 saturated carbocycles. The first-order valence-electron chi connectivity index (χ1n) is 11.9. The van der Waals surface area contributed by atoms with Crippen LogP contribution in [0, 0.1) is 5.92 Å². The molecule has 32 heavy (non-hydrogen) atoms. The van der Waals surface area contributed by atoms with Crippen molar-refractivity contribution in [3.63, 3.8) is 0 Å². The summed E-state index contributed by atoms with van der Waals surface area (Å²) in [5.41, 5.74) is 1.09. The lowest BCUT2D eigenvalue weighted by Gasteiger charge is -2.26. The third-order valence-corrected chi connectivity index (χ3v) is 6.37. The van der Waals surface area contributed by atoms with E-state index < -0.39 is 0 Å². The van der Waals surface area contributed by atoms with E-state index in [9.17, 15) is 4.79 Å². The summed E-state index contributed by atoms with van der Waals surface area (Å²) in [6.07, 6.45) is 7.66. The fourth-order valence-electron chi connectivity index (χ4n) is 4.68. The summed E-state index contributed by atoms with van der Waals surface area (Å²) in [6.45, 7) is 6.41. The van der Waals surface area contributed by atoms with Crippen LogP contribution in [0.4, 0.5) is 0 Å². The van der Waals surface area contributed by atoms with Crippen LogP contribution in [0.1, 0.15) is 57.4 Å². The number of guanidine groups is 1. The molecule has 1 atom stereocenters. The van der Waals surface area contributed by atoms with Crippen molar-refractivity contribution in [2.75, 3.05) is 32.8 Å². The van der Waals surface area contributed by atoms with Gasteiger partial charge < -0.3 is 25.0 Å². The van der Waals surface area contributed by atoms with Gasteiger partial charge in [0.05, 0.1) is 19.8 Å².